The predicted molar refractivity (Wildman–Crippen MR) is 87.4 cm³/mol. The Morgan fingerprint density at radius 3 is 2.91 bits per heavy atom. The number of hydrogen-bond donors (Lipinski definition) is 1. The molecule has 3 rings (SSSR count). The minimum Gasteiger partial charge on any atom is -0.350 e. The van der Waals surface area contributed by atoms with E-state index in [-0.39, 0.29) is 5.91 Å². The minimum absolute atomic E-state index is 0.120. The predicted octanol–water partition coefficient (Wildman–Crippen LogP) is 2.60. The number of benzene rings is 1. The van der Waals surface area contributed by atoms with Crippen molar-refractivity contribution in [2.45, 2.75) is 19.5 Å². The van der Waals surface area contributed by atoms with E-state index < -0.39 is 6.04 Å². The van der Waals surface area contributed by atoms with Gasteiger partial charge in [0.15, 0.2) is 0 Å². The summed E-state index contributed by atoms with van der Waals surface area (Å²) in [7, 11) is 0. The Kier molecular flexibility index (Phi) is 4.43. The van der Waals surface area contributed by atoms with Crippen LogP contribution in [-0.2, 0) is 11.3 Å². The molecule has 1 aromatic carbocycles. The number of halogens is 1. The number of imidazole rings is 1. The highest BCUT2D eigenvalue weighted by atomic mass is 35.5. The molecule has 0 saturated carbocycles. The van der Waals surface area contributed by atoms with Crippen LogP contribution in [0.5, 0.6) is 0 Å². The zero-order valence-electron chi connectivity index (χ0n) is 12.6. The fourth-order valence-electron chi connectivity index (χ4n) is 2.29. The summed E-state index contributed by atoms with van der Waals surface area (Å²) in [6.07, 6.45) is 8.47. The number of hydrogen-bond acceptors (Lipinski definition) is 3. The van der Waals surface area contributed by atoms with E-state index in [0.717, 1.165) is 11.3 Å². The molecule has 6 nitrogen and oxygen atoms in total. The molecule has 0 spiro atoms. The maximum Gasteiger partial charge on any atom is 0.244 e. The van der Waals surface area contributed by atoms with E-state index >= 15 is 0 Å². The molecule has 0 unspecified atom stereocenters. The first-order chi connectivity index (χ1) is 11.1. The molecule has 0 aliphatic carbocycles. The van der Waals surface area contributed by atoms with Crippen LogP contribution in [0.2, 0.25) is 5.02 Å². The normalized spacial score (nSPS) is 12.1. The van der Waals surface area contributed by atoms with Crippen molar-refractivity contribution in [3.8, 4) is 5.69 Å². The Morgan fingerprint density at radius 2 is 2.22 bits per heavy atom. The Hall–Kier alpha value is -2.60. The van der Waals surface area contributed by atoms with Crippen LogP contribution in [0, 0.1) is 0 Å². The maximum atomic E-state index is 12.3. The zero-order chi connectivity index (χ0) is 16.2. The monoisotopic (exact) mass is 329 g/mol. The van der Waals surface area contributed by atoms with E-state index in [0.29, 0.717) is 11.6 Å². The summed E-state index contributed by atoms with van der Waals surface area (Å²) in [5.41, 5.74) is 1.99. The zero-order valence-corrected chi connectivity index (χ0v) is 13.3. The second-order valence-corrected chi connectivity index (χ2v) is 5.57. The average Bonchev–Trinajstić information content (AvgIpc) is 3.23. The van der Waals surface area contributed by atoms with Crippen LogP contribution < -0.4 is 5.32 Å². The quantitative estimate of drug-likeness (QED) is 0.782. The summed E-state index contributed by atoms with van der Waals surface area (Å²) >= 11 is 5.84. The molecule has 0 saturated heterocycles. The molecular weight excluding hydrogens is 314 g/mol. The molecule has 7 heteroatoms. The van der Waals surface area contributed by atoms with E-state index in [1.165, 1.54) is 6.20 Å². The lowest BCUT2D eigenvalue weighted by molar-refractivity contribution is -0.124. The number of aromatic nitrogens is 4. The Balaban J connectivity index is 1.70. The number of nitrogens with one attached hydrogen (secondary N) is 1. The number of carbonyl (C=O) groups is 1. The average molecular weight is 330 g/mol. The van der Waals surface area contributed by atoms with Crippen molar-refractivity contribution < 1.29 is 4.79 Å². The highest BCUT2D eigenvalue weighted by Gasteiger charge is 2.16. The third kappa shape index (κ3) is 3.43. The lowest BCUT2D eigenvalue weighted by Gasteiger charge is -2.14. The van der Waals surface area contributed by atoms with Crippen LogP contribution in [-0.4, -0.2) is 25.2 Å². The lowest BCUT2D eigenvalue weighted by atomic mass is 10.1. The number of amides is 1. The van der Waals surface area contributed by atoms with Crippen molar-refractivity contribution >= 4 is 17.5 Å². The number of nitrogens with zero attached hydrogens (tertiary/aromatic N) is 4. The van der Waals surface area contributed by atoms with Crippen LogP contribution in [0.3, 0.4) is 0 Å². The van der Waals surface area contributed by atoms with Crippen LogP contribution >= 0.6 is 11.6 Å². The summed E-state index contributed by atoms with van der Waals surface area (Å²) in [5.74, 6) is -0.120. The van der Waals surface area contributed by atoms with Gasteiger partial charge in [-0.1, -0.05) is 29.8 Å². The van der Waals surface area contributed by atoms with Gasteiger partial charge in [-0.25, -0.2) is 4.98 Å². The molecule has 1 N–H and O–H groups in total. The van der Waals surface area contributed by atoms with Crippen LogP contribution in [0.15, 0.2) is 55.4 Å². The molecule has 0 aliphatic heterocycles. The second kappa shape index (κ2) is 6.66. The van der Waals surface area contributed by atoms with Gasteiger partial charge < -0.3 is 9.88 Å². The Labute approximate surface area is 138 Å². The van der Waals surface area contributed by atoms with Gasteiger partial charge in [-0.15, -0.1) is 0 Å². The van der Waals surface area contributed by atoms with Crippen LogP contribution in [0.25, 0.3) is 5.69 Å². The fourth-order valence-corrected chi connectivity index (χ4v) is 2.43. The molecule has 3 aromatic rings. The highest BCUT2D eigenvalue weighted by molar-refractivity contribution is 6.30. The summed E-state index contributed by atoms with van der Waals surface area (Å²) in [6.45, 7) is 2.20. The Morgan fingerprint density at radius 1 is 1.39 bits per heavy atom. The molecule has 1 amide bonds. The van der Waals surface area contributed by atoms with Gasteiger partial charge in [0.25, 0.3) is 0 Å². The molecule has 0 aliphatic rings. The SMILES string of the molecule is C[C@H](C(=O)NCc1ccccc1-n1ccnc1)n1cc(Cl)cn1. The molecule has 0 fully saturated rings. The molecule has 118 valence electrons. The van der Waals surface area contributed by atoms with Crippen molar-refractivity contribution in [3.63, 3.8) is 0 Å². The van der Waals surface area contributed by atoms with Gasteiger partial charge in [0.1, 0.15) is 6.04 Å². The van der Waals surface area contributed by atoms with Crippen molar-refractivity contribution in [1.29, 1.82) is 0 Å². The molecule has 2 heterocycles. The minimum atomic E-state index is -0.428. The molecule has 23 heavy (non-hydrogen) atoms. The highest BCUT2D eigenvalue weighted by Crippen LogP contribution is 2.15. The number of carbonyl (C=O) groups excluding carboxylic acids is 1. The molecule has 0 bridgehead atoms. The summed E-state index contributed by atoms with van der Waals surface area (Å²) in [4.78, 5) is 16.3. The number of rotatable bonds is 5. The third-order valence-corrected chi connectivity index (χ3v) is 3.77. The van der Waals surface area contributed by atoms with Crippen molar-refractivity contribution in [2.24, 2.45) is 0 Å². The summed E-state index contributed by atoms with van der Waals surface area (Å²) < 4.78 is 3.46. The van der Waals surface area contributed by atoms with E-state index in [4.69, 9.17) is 11.6 Å². The largest absolute Gasteiger partial charge is 0.350 e. The molecule has 0 radical (unpaired) electrons. The van der Waals surface area contributed by atoms with Gasteiger partial charge in [0.05, 0.1) is 23.2 Å². The summed E-state index contributed by atoms with van der Waals surface area (Å²) in [5, 5.41) is 7.50. The van der Waals surface area contributed by atoms with Gasteiger partial charge in [-0.3, -0.25) is 9.48 Å². The van der Waals surface area contributed by atoms with E-state index in [1.807, 2.05) is 35.0 Å². The Bertz CT molecular complexity index is 796. The third-order valence-electron chi connectivity index (χ3n) is 3.57. The molecule has 2 aromatic heterocycles. The first kappa shape index (κ1) is 15.3. The van der Waals surface area contributed by atoms with Crippen LogP contribution in [0.4, 0.5) is 0 Å². The lowest BCUT2D eigenvalue weighted by Crippen LogP contribution is -2.31. The molecular formula is C16H16ClN5O. The van der Waals surface area contributed by atoms with Gasteiger partial charge in [0.2, 0.25) is 5.91 Å². The summed E-state index contributed by atoms with van der Waals surface area (Å²) in [6, 6.07) is 7.43. The van der Waals surface area contributed by atoms with Gasteiger partial charge in [0, 0.05) is 25.1 Å². The van der Waals surface area contributed by atoms with E-state index in [1.54, 1.807) is 30.3 Å². The topological polar surface area (TPSA) is 64.7 Å². The van der Waals surface area contributed by atoms with Crippen molar-refractivity contribution in [1.82, 2.24) is 24.6 Å². The smallest absolute Gasteiger partial charge is 0.244 e. The van der Waals surface area contributed by atoms with Crippen molar-refractivity contribution in [3.05, 3.63) is 66.0 Å². The maximum absolute atomic E-state index is 12.3. The van der Waals surface area contributed by atoms with Gasteiger partial charge >= 0.3 is 0 Å². The van der Waals surface area contributed by atoms with E-state index in [9.17, 15) is 4.79 Å². The van der Waals surface area contributed by atoms with Gasteiger partial charge in [-0.05, 0) is 18.6 Å². The standard InChI is InChI=1S/C16H16ClN5O/c1-12(22-10-14(17)9-20-22)16(23)19-8-13-4-2-3-5-15(13)21-7-6-18-11-21/h2-7,9-12H,8H2,1H3,(H,19,23)/t12-/m1/s1. The second-order valence-electron chi connectivity index (χ2n) is 5.13. The fraction of sp³-hybridized carbons (Fsp3) is 0.188. The van der Waals surface area contributed by atoms with Gasteiger partial charge in [-0.2, -0.15) is 5.10 Å². The van der Waals surface area contributed by atoms with Crippen LogP contribution in [0.1, 0.15) is 18.5 Å². The molecule has 1 atom stereocenters. The number of para-hydroxylation sites is 1. The first-order valence-electron chi connectivity index (χ1n) is 7.19. The van der Waals surface area contributed by atoms with Crippen molar-refractivity contribution in [2.75, 3.05) is 0 Å². The van der Waals surface area contributed by atoms with E-state index in [2.05, 4.69) is 15.4 Å². The first-order valence-corrected chi connectivity index (χ1v) is 7.56.